The van der Waals surface area contributed by atoms with Crippen molar-refractivity contribution in [3.05, 3.63) is 58.0 Å². The van der Waals surface area contributed by atoms with Gasteiger partial charge in [0.05, 0.1) is 27.8 Å². The van der Waals surface area contributed by atoms with Gasteiger partial charge < -0.3 is 4.74 Å². The molecular formula is C16H11BrClNO. The zero-order valence-electron chi connectivity index (χ0n) is 10.7. The van der Waals surface area contributed by atoms with Crippen LogP contribution in [-0.4, -0.2) is 12.1 Å². The first-order valence-corrected chi connectivity index (χ1v) is 7.26. The Balaban J connectivity index is 2.30. The van der Waals surface area contributed by atoms with E-state index in [9.17, 15) is 0 Å². The third-order valence-electron chi connectivity index (χ3n) is 3.12. The number of hydrogen-bond acceptors (Lipinski definition) is 2. The van der Waals surface area contributed by atoms with Gasteiger partial charge in [0.2, 0.25) is 0 Å². The van der Waals surface area contributed by atoms with Gasteiger partial charge in [-0.2, -0.15) is 0 Å². The van der Waals surface area contributed by atoms with Crippen LogP contribution >= 0.6 is 27.5 Å². The molecule has 0 aliphatic carbocycles. The highest BCUT2D eigenvalue weighted by atomic mass is 79.9. The highest BCUT2D eigenvalue weighted by Crippen LogP contribution is 2.36. The summed E-state index contributed by atoms with van der Waals surface area (Å²) in [5, 5.41) is 1.58. The standard InChI is InChI=1S/C16H11BrClNO/c1-20-14-8-7-11-12(18)9-13(19-16(11)15(14)17)10-5-3-2-4-6-10/h2-9H,1H3. The molecule has 0 aliphatic rings. The van der Waals surface area contributed by atoms with Gasteiger partial charge in [-0.05, 0) is 34.1 Å². The monoisotopic (exact) mass is 347 g/mol. The average Bonchev–Trinajstić information content (AvgIpc) is 2.49. The molecule has 0 bridgehead atoms. The fourth-order valence-electron chi connectivity index (χ4n) is 2.11. The van der Waals surface area contributed by atoms with Gasteiger partial charge in [0.25, 0.3) is 0 Å². The lowest BCUT2D eigenvalue weighted by molar-refractivity contribution is 0.413. The largest absolute Gasteiger partial charge is 0.495 e. The van der Waals surface area contributed by atoms with Crippen molar-refractivity contribution in [3.8, 4) is 17.0 Å². The quantitative estimate of drug-likeness (QED) is 0.625. The first-order chi connectivity index (χ1) is 9.70. The predicted molar refractivity (Wildman–Crippen MR) is 86.4 cm³/mol. The van der Waals surface area contributed by atoms with Crippen LogP contribution in [-0.2, 0) is 0 Å². The van der Waals surface area contributed by atoms with E-state index < -0.39 is 0 Å². The minimum Gasteiger partial charge on any atom is -0.495 e. The van der Waals surface area contributed by atoms with Crippen molar-refractivity contribution in [1.29, 1.82) is 0 Å². The van der Waals surface area contributed by atoms with E-state index in [0.717, 1.165) is 32.4 Å². The highest BCUT2D eigenvalue weighted by Gasteiger charge is 2.12. The van der Waals surface area contributed by atoms with E-state index in [1.807, 2.05) is 48.5 Å². The Labute approximate surface area is 130 Å². The SMILES string of the molecule is COc1ccc2c(Cl)cc(-c3ccccc3)nc2c1Br. The summed E-state index contributed by atoms with van der Waals surface area (Å²) in [5.74, 6) is 0.742. The molecule has 0 fully saturated rings. The van der Waals surface area contributed by atoms with Crippen LogP contribution in [0, 0.1) is 0 Å². The number of methoxy groups -OCH3 is 1. The first kappa shape index (κ1) is 13.4. The summed E-state index contributed by atoms with van der Waals surface area (Å²) in [6.07, 6.45) is 0. The zero-order chi connectivity index (χ0) is 14.1. The summed E-state index contributed by atoms with van der Waals surface area (Å²) in [6.45, 7) is 0. The van der Waals surface area contributed by atoms with Crippen LogP contribution in [0.15, 0.2) is 53.0 Å². The van der Waals surface area contributed by atoms with Crippen LogP contribution in [0.2, 0.25) is 5.02 Å². The smallest absolute Gasteiger partial charge is 0.135 e. The molecule has 0 spiro atoms. The number of aromatic nitrogens is 1. The van der Waals surface area contributed by atoms with Crippen LogP contribution in [0.3, 0.4) is 0 Å². The fourth-order valence-corrected chi connectivity index (χ4v) is 2.97. The van der Waals surface area contributed by atoms with E-state index in [2.05, 4.69) is 15.9 Å². The molecule has 0 radical (unpaired) electrons. The maximum atomic E-state index is 6.38. The lowest BCUT2D eigenvalue weighted by Gasteiger charge is -2.09. The van der Waals surface area contributed by atoms with Crippen LogP contribution < -0.4 is 4.74 Å². The van der Waals surface area contributed by atoms with Gasteiger partial charge in [0.1, 0.15) is 5.75 Å². The number of rotatable bonds is 2. The van der Waals surface area contributed by atoms with Crippen molar-refractivity contribution < 1.29 is 4.74 Å². The number of ether oxygens (including phenoxy) is 1. The molecule has 4 heteroatoms. The summed E-state index contributed by atoms with van der Waals surface area (Å²) in [5.41, 5.74) is 2.68. The minimum absolute atomic E-state index is 0.678. The van der Waals surface area contributed by atoms with E-state index in [4.69, 9.17) is 21.3 Å². The Bertz CT molecular complexity index is 774. The summed E-state index contributed by atoms with van der Waals surface area (Å²) in [4.78, 5) is 4.70. The second-order valence-electron chi connectivity index (χ2n) is 4.33. The number of pyridine rings is 1. The third kappa shape index (κ3) is 2.28. The molecule has 0 saturated heterocycles. The molecule has 100 valence electrons. The molecule has 2 nitrogen and oxygen atoms in total. The zero-order valence-corrected chi connectivity index (χ0v) is 13.1. The van der Waals surface area contributed by atoms with Crippen molar-refractivity contribution in [2.45, 2.75) is 0 Å². The lowest BCUT2D eigenvalue weighted by Crippen LogP contribution is -1.91. The van der Waals surface area contributed by atoms with E-state index >= 15 is 0 Å². The van der Waals surface area contributed by atoms with E-state index in [-0.39, 0.29) is 0 Å². The second kappa shape index (κ2) is 5.43. The molecule has 0 unspecified atom stereocenters. The third-order valence-corrected chi connectivity index (χ3v) is 4.20. The van der Waals surface area contributed by atoms with Crippen LogP contribution in [0.1, 0.15) is 0 Å². The summed E-state index contributed by atoms with van der Waals surface area (Å²) < 4.78 is 6.13. The number of fused-ring (bicyclic) bond motifs is 1. The summed E-state index contributed by atoms with van der Waals surface area (Å²) in [7, 11) is 1.63. The minimum atomic E-state index is 0.678. The molecule has 0 amide bonds. The molecule has 0 aliphatic heterocycles. The molecule has 3 rings (SSSR count). The van der Waals surface area contributed by atoms with Crippen LogP contribution in [0.5, 0.6) is 5.75 Å². The average molecular weight is 349 g/mol. The molecule has 0 saturated carbocycles. The predicted octanol–water partition coefficient (Wildman–Crippen LogP) is 5.33. The second-order valence-corrected chi connectivity index (χ2v) is 5.53. The Hall–Kier alpha value is -1.58. The molecule has 1 heterocycles. The maximum Gasteiger partial charge on any atom is 0.135 e. The van der Waals surface area contributed by atoms with Gasteiger partial charge in [-0.15, -0.1) is 0 Å². The van der Waals surface area contributed by atoms with Crippen molar-refractivity contribution in [2.75, 3.05) is 7.11 Å². The van der Waals surface area contributed by atoms with Crippen molar-refractivity contribution >= 4 is 38.4 Å². The lowest BCUT2D eigenvalue weighted by atomic mass is 10.1. The normalized spacial score (nSPS) is 10.8. The van der Waals surface area contributed by atoms with E-state index in [1.165, 1.54) is 0 Å². The van der Waals surface area contributed by atoms with Gasteiger partial charge in [-0.25, -0.2) is 4.98 Å². The molecule has 3 aromatic rings. The molecular weight excluding hydrogens is 338 g/mol. The Morgan fingerprint density at radius 2 is 1.85 bits per heavy atom. The molecule has 2 aromatic carbocycles. The summed E-state index contributed by atoms with van der Waals surface area (Å²) >= 11 is 9.91. The Morgan fingerprint density at radius 3 is 2.55 bits per heavy atom. The summed E-state index contributed by atoms with van der Waals surface area (Å²) in [6, 6.07) is 15.6. The fraction of sp³-hybridized carbons (Fsp3) is 0.0625. The molecule has 0 atom stereocenters. The number of nitrogens with zero attached hydrogens (tertiary/aromatic N) is 1. The topological polar surface area (TPSA) is 22.1 Å². The van der Waals surface area contributed by atoms with Crippen molar-refractivity contribution in [3.63, 3.8) is 0 Å². The van der Waals surface area contributed by atoms with Gasteiger partial charge in [-0.3, -0.25) is 0 Å². The maximum absolute atomic E-state index is 6.38. The number of halogens is 2. The van der Waals surface area contributed by atoms with Gasteiger partial charge in [0, 0.05) is 10.9 Å². The molecule has 1 aromatic heterocycles. The van der Waals surface area contributed by atoms with Crippen molar-refractivity contribution in [1.82, 2.24) is 4.98 Å². The Morgan fingerprint density at radius 1 is 1.10 bits per heavy atom. The van der Waals surface area contributed by atoms with Gasteiger partial charge in [-0.1, -0.05) is 41.9 Å². The number of benzene rings is 2. The van der Waals surface area contributed by atoms with E-state index in [1.54, 1.807) is 7.11 Å². The molecule has 20 heavy (non-hydrogen) atoms. The van der Waals surface area contributed by atoms with Crippen molar-refractivity contribution in [2.24, 2.45) is 0 Å². The first-order valence-electron chi connectivity index (χ1n) is 6.09. The van der Waals surface area contributed by atoms with Gasteiger partial charge in [0.15, 0.2) is 0 Å². The highest BCUT2D eigenvalue weighted by molar-refractivity contribution is 9.10. The molecule has 0 N–H and O–H groups in total. The Kier molecular flexibility index (Phi) is 3.64. The van der Waals surface area contributed by atoms with Crippen LogP contribution in [0.25, 0.3) is 22.2 Å². The number of hydrogen-bond donors (Lipinski definition) is 0. The van der Waals surface area contributed by atoms with Gasteiger partial charge >= 0.3 is 0 Å². The van der Waals surface area contributed by atoms with E-state index in [0.29, 0.717) is 5.02 Å². The van der Waals surface area contributed by atoms with Crippen LogP contribution in [0.4, 0.5) is 0 Å².